The van der Waals surface area contributed by atoms with E-state index in [4.69, 9.17) is 9.84 Å². The third-order valence-corrected chi connectivity index (χ3v) is 2.55. The molecular weight excluding hydrogens is 276 g/mol. The molecular formula is C15H16O6. The van der Waals surface area contributed by atoms with Gasteiger partial charge < -0.3 is 14.6 Å². The van der Waals surface area contributed by atoms with Gasteiger partial charge in [-0.2, -0.15) is 0 Å². The van der Waals surface area contributed by atoms with E-state index in [0.717, 1.165) is 5.56 Å². The zero-order chi connectivity index (χ0) is 15.8. The van der Waals surface area contributed by atoms with Crippen LogP contribution in [0.25, 0.3) is 0 Å². The van der Waals surface area contributed by atoms with Crippen LogP contribution >= 0.6 is 0 Å². The Morgan fingerprint density at radius 2 is 1.86 bits per heavy atom. The van der Waals surface area contributed by atoms with Crippen molar-refractivity contribution in [2.45, 2.75) is 19.4 Å². The van der Waals surface area contributed by atoms with Crippen LogP contribution in [0.3, 0.4) is 0 Å². The fourth-order valence-corrected chi connectivity index (χ4v) is 1.50. The molecule has 0 radical (unpaired) electrons. The van der Waals surface area contributed by atoms with Crippen LogP contribution in [0.2, 0.25) is 0 Å². The molecule has 0 heterocycles. The van der Waals surface area contributed by atoms with Gasteiger partial charge in [-0.15, -0.1) is 0 Å². The summed E-state index contributed by atoms with van der Waals surface area (Å²) in [5.41, 5.74) is 0.582. The summed E-state index contributed by atoms with van der Waals surface area (Å²) >= 11 is 0. The summed E-state index contributed by atoms with van der Waals surface area (Å²) in [6.45, 7) is 4.38. The van der Waals surface area contributed by atoms with Gasteiger partial charge in [-0.3, -0.25) is 4.79 Å². The molecule has 1 N–H and O–H groups in total. The standard InChI is InChI=1S/C15H16O6/c1-10(8-13(16)17)15(19)20-9-14(18)21-11(2)12-6-4-3-5-7-12/h3-7,11H,1,8-9H2,2H3,(H,16,17). The molecule has 6 nitrogen and oxygen atoms in total. The molecule has 0 amide bonds. The molecule has 21 heavy (non-hydrogen) atoms. The first-order valence-electron chi connectivity index (χ1n) is 6.21. The Morgan fingerprint density at radius 3 is 2.43 bits per heavy atom. The van der Waals surface area contributed by atoms with E-state index in [0.29, 0.717) is 0 Å². The van der Waals surface area contributed by atoms with E-state index < -0.39 is 37.0 Å². The van der Waals surface area contributed by atoms with Crippen molar-refractivity contribution < 1.29 is 29.0 Å². The van der Waals surface area contributed by atoms with Crippen LogP contribution < -0.4 is 0 Å². The minimum Gasteiger partial charge on any atom is -0.481 e. The Kier molecular flexibility index (Phi) is 6.13. The lowest BCUT2D eigenvalue weighted by Crippen LogP contribution is -2.19. The third-order valence-electron chi connectivity index (χ3n) is 2.55. The number of ether oxygens (including phenoxy) is 2. The van der Waals surface area contributed by atoms with Gasteiger partial charge in [0.1, 0.15) is 6.10 Å². The Morgan fingerprint density at radius 1 is 1.24 bits per heavy atom. The van der Waals surface area contributed by atoms with Crippen LogP contribution in [0.15, 0.2) is 42.5 Å². The highest BCUT2D eigenvalue weighted by atomic mass is 16.6. The lowest BCUT2D eigenvalue weighted by atomic mass is 10.1. The van der Waals surface area contributed by atoms with Gasteiger partial charge in [0.25, 0.3) is 0 Å². The molecule has 0 bridgehead atoms. The summed E-state index contributed by atoms with van der Waals surface area (Å²) in [4.78, 5) is 33.3. The smallest absolute Gasteiger partial charge is 0.344 e. The highest BCUT2D eigenvalue weighted by Crippen LogP contribution is 2.16. The topological polar surface area (TPSA) is 89.9 Å². The van der Waals surface area contributed by atoms with Gasteiger partial charge in [0.05, 0.1) is 6.42 Å². The highest BCUT2D eigenvalue weighted by molar-refractivity contribution is 5.93. The normalized spacial score (nSPS) is 11.3. The highest BCUT2D eigenvalue weighted by Gasteiger charge is 2.16. The number of carboxylic acid groups (broad SMARTS) is 1. The summed E-state index contributed by atoms with van der Waals surface area (Å²) in [5, 5.41) is 8.49. The maximum atomic E-state index is 11.5. The second kappa shape index (κ2) is 7.84. The average Bonchev–Trinajstić information content (AvgIpc) is 2.44. The molecule has 0 aliphatic rings. The summed E-state index contributed by atoms with van der Waals surface area (Å²) in [6, 6.07) is 9.08. The molecule has 1 aromatic carbocycles. The van der Waals surface area contributed by atoms with Gasteiger partial charge in [0.2, 0.25) is 0 Å². The molecule has 0 fully saturated rings. The molecule has 1 rings (SSSR count). The molecule has 6 heteroatoms. The predicted molar refractivity (Wildman–Crippen MR) is 73.3 cm³/mol. The number of hydrogen-bond donors (Lipinski definition) is 1. The minimum atomic E-state index is -1.20. The molecule has 1 atom stereocenters. The summed E-state index contributed by atoms with van der Waals surface area (Å²) in [5.74, 6) is -2.85. The molecule has 0 aliphatic carbocycles. The quantitative estimate of drug-likeness (QED) is 0.609. The van der Waals surface area contributed by atoms with Crippen LogP contribution in [0.4, 0.5) is 0 Å². The molecule has 1 aromatic rings. The number of carboxylic acids is 1. The van der Waals surface area contributed by atoms with E-state index >= 15 is 0 Å². The number of esters is 2. The second-order valence-corrected chi connectivity index (χ2v) is 4.29. The second-order valence-electron chi connectivity index (χ2n) is 4.29. The molecule has 112 valence electrons. The summed E-state index contributed by atoms with van der Waals surface area (Å²) in [6.07, 6.45) is -1.01. The maximum Gasteiger partial charge on any atom is 0.344 e. The first kappa shape index (κ1) is 16.4. The van der Waals surface area contributed by atoms with E-state index in [1.807, 2.05) is 18.2 Å². The van der Waals surface area contributed by atoms with Crippen molar-refractivity contribution in [2.24, 2.45) is 0 Å². The van der Waals surface area contributed by atoms with Crippen LogP contribution in [0.1, 0.15) is 25.0 Å². The van der Waals surface area contributed by atoms with Gasteiger partial charge in [0.15, 0.2) is 6.61 Å². The van der Waals surface area contributed by atoms with Crippen molar-refractivity contribution in [1.82, 2.24) is 0 Å². The van der Waals surface area contributed by atoms with Crippen molar-refractivity contribution in [1.29, 1.82) is 0 Å². The van der Waals surface area contributed by atoms with Gasteiger partial charge in [0, 0.05) is 5.57 Å². The van der Waals surface area contributed by atoms with E-state index in [1.165, 1.54) is 0 Å². The molecule has 1 unspecified atom stereocenters. The lowest BCUT2D eigenvalue weighted by molar-refractivity contribution is -0.160. The van der Waals surface area contributed by atoms with E-state index in [1.54, 1.807) is 19.1 Å². The van der Waals surface area contributed by atoms with Crippen LogP contribution in [-0.4, -0.2) is 29.6 Å². The zero-order valence-electron chi connectivity index (χ0n) is 11.6. The average molecular weight is 292 g/mol. The van der Waals surface area contributed by atoms with Crippen molar-refractivity contribution in [3.05, 3.63) is 48.0 Å². The van der Waals surface area contributed by atoms with Gasteiger partial charge in [-0.05, 0) is 12.5 Å². The third kappa shape index (κ3) is 5.90. The van der Waals surface area contributed by atoms with Gasteiger partial charge in [-0.1, -0.05) is 36.9 Å². The molecule has 0 aromatic heterocycles. The monoisotopic (exact) mass is 292 g/mol. The Balaban J connectivity index is 2.39. The van der Waals surface area contributed by atoms with Crippen LogP contribution in [0, 0.1) is 0 Å². The summed E-state index contributed by atoms with van der Waals surface area (Å²) < 4.78 is 9.71. The SMILES string of the molecule is C=C(CC(=O)O)C(=O)OCC(=O)OC(C)c1ccccc1. The first-order valence-corrected chi connectivity index (χ1v) is 6.21. The van der Waals surface area contributed by atoms with E-state index in [2.05, 4.69) is 11.3 Å². The molecule has 0 saturated carbocycles. The number of aliphatic carboxylic acids is 1. The van der Waals surface area contributed by atoms with Crippen molar-refractivity contribution in [2.75, 3.05) is 6.61 Å². The largest absolute Gasteiger partial charge is 0.481 e. The fourth-order valence-electron chi connectivity index (χ4n) is 1.50. The van der Waals surface area contributed by atoms with Gasteiger partial charge >= 0.3 is 17.9 Å². The maximum absolute atomic E-state index is 11.5. The number of carbonyl (C=O) groups is 3. The molecule has 0 aliphatic heterocycles. The van der Waals surface area contributed by atoms with Gasteiger partial charge in [-0.25, -0.2) is 9.59 Å². The van der Waals surface area contributed by atoms with E-state index in [9.17, 15) is 14.4 Å². The number of benzene rings is 1. The van der Waals surface area contributed by atoms with Crippen molar-refractivity contribution in [3.63, 3.8) is 0 Å². The number of rotatable bonds is 7. The predicted octanol–water partition coefficient (Wildman–Crippen LogP) is 1.86. The molecule has 0 saturated heterocycles. The van der Waals surface area contributed by atoms with E-state index in [-0.39, 0.29) is 5.57 Å². The zero-order valence-corrected chi connectivity index (χ0v) is 11.6. The Hall–Kier alpha value is -2.63. The van der Waals surface area contributed by atoms with Crippen molar-refractivity contribution >= 4 is 17.9 Å². The van der Waals surface area contributed by atoms with Crippen molar-refractivity contribution in [3.8, 4) is 0 Å². The van der Waals surface area contributed by atoms with Crippen LogP contribution in [0.5, 0.6) is 0 Å². The Bertz CT molecular complexity index is 534. The fraction of sp³-hybridized carbons (Fsp3) is 0.267. The summed E-state index contributed by atoms with van der Waals surface area (Å²) in [7, 11) is 0. The Labute approximate surface area is 122 Å². The number of hydrogen-bond acceptors (Lipinski definition) is 5. The van der Waals surface area contributed by atoms with Crippen LogP contribution in [-0.2, 0) is 23.9 Å². The lowest BCUT2D eigenvalue weighted by Gasteiger charge is -2.13. The number of carbonyl (C=O) groups excluding carboxylic acids is 2. The minimum absolute atomic E-state index is 0.230. The molecule has 0 spiro atoms. The first-order chi connectivity index (χ1) is 9.90.